The number of hydrogen-bond acceptors (Lipinski definition) is 6. The molecular weight excluding hydrogens is 378 g/mol. The van der Waals surface area contributed by atoms with Crippen molar-refractivity contribution in [2.24, 2.45) is 11.7 Å². The number of nitrogens with two attached hydrogens (primary N) is 1. The number of aryl methyl sites for hydroxylation is 1. The van der Waals surface area contributed by atoms with Crippen LogP contribution in [0.25, 0.3) is 0 Å². The van der Waals surface area contributed by atoms with Crippen LogP contribution in [0.4, 0.5) is 0 Å². The molecule has 4 N–H and O–H groups in total. The lowest BCUT2D eigenvalue weighted by Crippen LogP contribution is -2.55. The molecule has 0 spiro atoms. The maximum absolute atomic E-state index is 12.6. The van der Waals surface area contributed by atoms with E-state index in [0.29, 0.717) is 12.3 Å². The summed E-state index contributed by atoms with van der Waals surface area (Å²) in [5.74, 6) is -2.45. The summed E-state index contributed by atoms with van der Waals surface area (Å²) in [5, 5.41) is 3.49. The predicted molar refractivity (Wildman–Crippen MR) is 96.3 cm³/mol. The molecule has 1 heterocycles. The molecule has 0 aliphatic heterocycles. The van der Waals surface area contributed by atoms with Gasteiger partial charge in [0.1, 0.15) is 18.2 Å². The number of nitrogens with one attached hydrogen (secondary N) is 2. The minimum absolute atomic E-state index is 0.0384. The molecule has 0 aliphatic carbocycles. The first-order chi connectivity index (χ1) is 12.6. The average molecular weight is 402 g/mol. The highest BCUT2D eigenvalue weighted by molar-refractivity contribution is 6.27. The minimum Gasteiger partial charge on any atom is -0.448 e. The third-order valence-electron chi connectivity index (χ3n) is 3.42. The fourth-order valence-corrected chi connectivity index (χ4v) is 2.30. The van der Waals surface area contributed by atoms with Gasteiger partial charge in [-0.05, 0) is 12.3 Å². The number of halogens is 1. The molecule has 4 amide bonds. The van der Waals surface area contributed by atoms with Crippen molar-refractivity contribution < 1.29 is 23.6 Å². The number of hydrogen-bond donors (Lipinski definition) is 3. The van der Waals surface area contributed by atoms with E-state index in [1.54, 1.807) is 6.92 Å². The van der Waals surface area contributed by atoms with E-state index >= 15 is 0 Å². The second-order valence-corrected chi connectivity index (χ2v) is 6.55. The largest absolute Gasteiger partial charge is 0.448 e. The summed E-state index contributed by atoms with van der Waals surface area (Å²) in [6, 6.07) is -0.936. The van der Waals surface area contributed by atoms with Crippen molar-refractivity contribution in [1.29, 1.82) is 0 Å². The molecule has 0 aromatic carbocycles. The fourth-order valence-electron chi connectivity index (χ4n) is 2.15. The van der Waals surface area contributed by atoms with Gasteiger partial charge in [-0.2, -0.15) is 0 Å². The zero-order valence-corrected chi connectivity index (χ0v) is 16.2. The van der Waals surface area contributed by atoms with Gasteiger partial charge in [-0.15, -0.1) is 11.6 Å². The number of carbonyl (C=O) groups is 4. The maximum atomic E-state index is 12.6. The standard InChI is InChI=1S/C16H24ClN5O5/c1-9(2)6-11(20-15(25)12-8-27-10(3)19-12)16(26)21-22(14(24)7-17)5-4-13(18)23/h8-9,11H,4-7H2,1-3H3,(H2,18,23)(H,20,25)(H,21,26). The van der Waals surface area contributed by atoms with Gasteiger partial charge in [0.05, 0.1) is 6.54 Å². The van der Waals surface area contributed by atoms with Gasteiger partial charge >= 0.3 is 0 Å². The number of hydrazine groups is 1. The Hall–Kier alpha value is -2.62. The predicted octanol–water partition coefficient (Wildman–Crippen LogP) is 0.102. The lowest BCUT2D eigenvalue weighted by molar-refractivity contribution is -0.141. The van der Waals surface area contributed by atoms with Crippen LogP contribution >= 0.6 is 11.6 Å². The van der Waals surface area contributed by atoms with Crippen molar-refractivity contribution in [2.75, 3.05) is 12.4 Å². The number of alkyl halides is 1. The van der Waals surface area contributed by atoms with E-state index in [1.807, 2.05) is 13.8 Å². The Morgan fingerprint density at radius 1 is 1.33 bits per heavy atom. The first kappa shape index (κ1) is 22.4. The van der Waals surface area contributed by atoms with Gasteiger partial charge in [-0.3, -0.25) is 29.6 Å². The molecule has 0 radical (unpaired) electrons. The lowest BCUT2D eigenvalue weighted by atomic mass is 10.0. The van der Waals surface area contributed by atoms with Gasteiger partial charge in [0, 0.05) is 13.3 Å². The highest BCUT2D eigenvalue weighted by atomic mass is 35.5. The van der Waals surface area contributed by atoms with Crippen LogP contribution in [0.1, 0.15) is 43.1 Å². The normalized spacial score (nSPS) is 11.7. The third kappa shape index (κ3) is 7.65. The minimum atomic E-state index is -0.936. The van der Waals surface area contributed by atoms with Crippen LogP contribution in [-0.4, -0.2) is 52.1 Å². The molecule has 1 rings (SSSR count). The maximum Gasteiger partial charge on any atom is 0.273 e. The van der Waals surface area contributed by atoms with Crippen molar-refractivity contribution in [3.63, 3.8) is 0 Å². The Balaban J connectivity index is 2.86. The Morgan fingerprint density at radius 3 is 2.48 bits per heavy atom. The Bertz CT molecular complexity index is 690. The number of carbonyl (C=O) groups excluding carboxylic acids is 4. The summed E-state index contributed by atoms with van der Waals surface area (Å²) in [6.07, 6.45) is 1.35. The fraction of sp³-hybridized carbons (Fsp3) is 0.562. The lowest BCUT2D eigenvalue weighted by Gasteiger charge is -2.26. The molecule has 150 valence electrons. The number of aromatic nitrogens is 1. The molecular formula is C16H24ClN5O5. The molecule has 1 aromatic rings. The highest BCUT2D eigenvalue weighted by Gasteiger charge is 2.26. The Morgan fingerprint density at radius 2 is 2.00 bits per heavy atom. The number of oxazole rings is 1. The van der Waals surface area contributed by atoms with E-state index in [-0.39, 0.29) is 24.6 Å². The zero-order valence-electron chi connectivity index (χ0n) is 15.5. The van der Waals surface area contributed by atoms with Gasteiger partial charge in [0.15, 0.2) is 11.6 Å². The summed E-state index contributed by atoms with van der Waals surface area (Å²) < 4.78 is 4.99. The van der Waals surface area contributed by atoms with E-state index in [9.17, 15) is 19.2 Å². The van der Waals surface area contributed by atoms with E-state index in [0.717, 1.165) is 5.01 Å². The van der Waals surface area contributed by atoms with Gasteiger partial charge in [-0.25, -0.2) is 4.98 Å². The van der Waals surface area contributed by atoms with Crippen LogP contribution in [0.5, 0.6) is 0 Å². The SMILES string of the molecule is Cc1nc(C(=O)NC(CC(C)C)C(=O)NN(CCC(N)=O)C(=O)CCl)co1. The first-order valence-electron chi connectivity index (χ1n) is 8.32. The number of primary amides is 1. The Kier molecular flexibility index (Phi) is 8.73. The van der Waals surface area contributed by atoms with Crippen LogP contribution in [-0.2, 0) is 14.4 Å². The van der Waals surface area contributed by atoms with E-state index < -0.39 is 35.6 Å². The van der Waals surface area contributed by atoms with Crippen molar-refractivity contribution >= 4 is 35.2 Å². The van der Waals surface area contributed by atoms with Gasteiger partial charge in [-0.1, -0.05) is 13.8 Å². The first-order valence-corrected chi connectivity index (χ1v) is 8.85. The summed E-state index contributed by atoms with van der Waals surface area (Å²) >= 11 is 5.53. The third-order valence-corrected chi connectivity index (χ3v) is 3.65. The topological polar surface area (TPSA) is 148 Å². The number of rotatable bonds is 9. The summed E-state index contributed by atoms with van der Waals surface area (Å²) in [6.45, 7) is 5.21. The van der Waals surface area contributed by atoms with Crippen molar-refractivity contribution in [2.45, 2.75) is 39.7 Å². The number of amides is 4. The molecule has 27 heavy (non-hydrogen) atoms. The molecule has 10 nitrogen and oxygen atoms in total. The van der Waals surface area contributed by atoms with Crippen LogP contribution in [0.15, 0.2) is 10.7 Å². The molecule has 0 saturated heterocycles. The molecule has 1 aromatic heterocycles. The van der Waals surface area contributed by atoms with Crippen LogP contribution < -0.4 is 16.5 Å². The van der Waals surface area contributed by atoms with Crippen LogP contribution in [0, 0.1) is 12.8 Å². The monoisotopic (exact) mass is 401 g/mol. The molecule has 0 saturated carbocycles. The van der Waals surface area contributed by atoms with Crippen LogP contribution in [0.3, 0.4) is 0 Å². The zero-order chi connectivity index (χ0) is 20.6. The quantitative estimate of drug-likeness (QED) is 0.395. The van der Waals surface area contributed by atoms with E-state index in [2.05, 4.69) is 15.7 Å². The molecule has 1 unspecified atom stereocenters. The number of nitrogens with zero attached hydrogens (tertiary/aromatic N) is 2. The second-order valence-electron chi connectivity index (χ2n) is 6.28. The molecule has 0 bridgehead atoms. The average Bonchev–Trinajstić information content (AvgIpc) is 3.03. The van der Waals surface area contributed by atoms with E-state index in [4.69, 9.17) is 21.8 Å². The van der Waals surface area contributed by atoms with Crippen molar-refractivity contribution in [1.82, 2.24) is 20.7 Å². The van der Waals surface area contributed by atoms with E-state index in [1.165, 1.54) is 6.26 Å². The summed E-state index contributed by atoms with van der Waals surface area (Å²) in [4.78, 5) is 51.6. The Labute approximate surface area is 161 Å². The molecule has 1 atom stereocenters. The van der Waals surface area contributed by atoms with Gasteiger partial charge in [0.25, 0.3) is 17.7 Å². The molecule has 0 aliphatic rings. The van der Waals surface area contributed by atoms with Crippen molar-refractivity contribution in [3.8, 4) is 0 Å². The smallest absolute Gasteiger partial charge is 0.273 e. The highest BCUT2D eigenvalue weighted by Crippen LogP contribution is 2.08. The van der Waals surface area contributed by atoms with Crippen LogP contribution in [0.2, 0.25) is 0 Å². The molecule has 11 heteroatoms. The second kappa shape index (κ2) is 10.5. The van der Waals surface area contributed by atoms with Gasteiger partial charge in [0.2, 0.25) is 5.91 Å². The van der Waals surface area contributed by atoms with Crippen molar-refractivity contribution in [3.05, 3.63) is 17.8 Å². The summed E-state index contributed by atoms with van der Waals surface area (Å²) in [5.41, 5.74) is 7.50. The van der Waals surface area contributed by atoms with Gasteiger partial charge < -0.3 is 15.5 Å². The molecule has 0 fully saturated rings. The summed E-state index contributed by atoms with van der Waals surface area (Å²) in [7, 11) is 0.